The van der Waals surface area contributed by atoms with Gasteiger partial charge in [-0.25, -0.2) is 0 Å². The molecule has 1 saturated carbocycles. The van der Waals surface area contributed by atoms with Crippen LogP contribution in [0.25, 0.3) is 0 Å². The van der Waals surface area contributed by atoms with Gasteiger partial charge in [-0.15, -0.1) is 0 Å². The van der Waals surface area contributed by atoms with Crippen molar-refractivity contribution < 1.29 is 14.3 Å². The monoisotopic (exact) mass is 399 g/mol. The molecule has 0 spiro atoms. The van der Waals surface area contributed by atoms with Crippen LogP contribution in [0.15, 0.2) is 48.5 Å². The number of nitrogens with zero attached hydrogens (tertiary/aromatic N) is 1. The largest absolute Gasteiger partial charge is 0.378 e. The number of hydrogen-bond donors (Lipinski definition) is 2. The lowest BCUT2D eigenvalue weighted by Crippen LogP contribution is -2.36. The van der Waals surface area contributed by atoms with E-state index in [1.807, 2.05) is 24.3 Å². The Bertz CT molecular complexity index is 865. The summed E-state index contributed by atoms with van der Waals surface area (Å²) in [5, 5.41) is 6.46. The Morgan fingerprint density at radius 2 is 1.57 bits per heavy atom. The lowest BCUT2D eigenvalue weighted by molar-refractivity contribution is -0.122. The third-order valence-corrected chi connectivity index (χ3v) is 5.34. The molecule has 1 heterocycles. The van der Waals surface area contributed by atoms with Gasteiger partial charge >= 0.3 is 0 Å². The van der Waals surface area contributed by atoms with Gasteiger partial charge < -0.3 is 20.3 Å². The second-order valence-electron chi connectivity index (χ2n) is 7.05. The first-order valence-corrected chi connectivity index (χ1v) is 9.78. The Labute approximate surface area is 168 Å². The van der Waals surface area contributed by atoms with Crippen molar-refractivity contribution in [2.24, 2.45) is 11.8 Å². The molecule has 2 aromatic carbocycles. The van der Waals surface area contributed by atoms with Crippen LogP contribution in [0.3, 0.4) is 0 Å². The Balaban J connectivity index is 1.36. The minimum absolute atomic E-state index is 0.114. The van der Waals surface area contributed by atoms with Gasteiger partial charge in [-0.3, -0.25) is 9.59 Å². The lowest BCUT2D eigenvalue weighted by atomic mass is 10.2. The molecule has 0 radical (unpaired) electrons. The van der Waals surface area contributed by atoms with Gasteiger partial charge in [0, 0.05) is 23.8 Å². The second-order valence-corrected chi connectivity index (χ2v) is 7.49. The van der Waals surface area contributed by atoms with Crippen molar-refractivity contribution in [3.05, 3.63) is 53.6 Å². The zero-order valence-corrected chi connectivity index (χ0v) is 16.1. The smallest absolute Gasteiger partial charge is 0.228 e. The number of carbonyl (C=O) groups is 2. The fraction of sp³-hybridized carbons (Fsp3) is 0.333. The van der Waals surface area contributed by atoms with Crippen LogP contribution < -0.4 is 15.5 Å². The van der Waals surface area contributed by atoms with E-state index in [2.05, 4.69) is 15.5 Å². The number of morpholine rings is 1. The van der Waals surface area contributed by atoms with Gasteiger partial charge in [-0.2, -0.15) is 0 Å². The van der Waals surface area contributed by atoms with Crippen LogP contribution in [0.2, 0.25) is 5.02 Å². The second kappa shape index (κ2) is 8.20. The summed E-state index contributed by atoms with van der Waals surface area (Å²) < 4.78 is 5.41. The first-order valence-electron chi connectivity index (χ1n) is 9.41. The molecule has 2 N–H and O–H groups in total. The fourth-order valence-electron chi connectivity index (χ4n) is 3.43. The zero-order chi connectivity index (χ0) is 19.5. The lowest BCUT2D eigenvalue weighted by Gasteiger charge is -2.30. The van der Waals surface area contributed by atoms with Gasteiger partial charge in [0.15, 0.2) is 0 Å². The van der Waals surface area contributed by atoms with E-state index in [0.717, 1.165) is 24.5 Å². The molecule has 1 saturated heterocycles. The molecule has 7 heteroatoms. The summed E-state index contributed by atoms with van der Waals surface area (Å²) in [7, 11) is 0. The number of rotatable bonds is 5. The summed E-state index contributed by atoms with van der Waals surface area (Å²) in [5.74, 6) is -0.850. The van der Waals surface area contributed by atoms with Crippen molar-refractivity contribution in [3.63, 3.8) is 0 Å². The van der Waals surface area contributed by atoms with Crippen LogP contribution in [0, 0.1) is 11.8 Å². The number of benzene rings is 2. The van der Waals surface area contributed by atoms with Gasteiger partial charge in [-0.05, 0) is 42.8 Å². The number of ether oxygens (including phenoxy) is 1. The summed E-state index contributed by atoms with van der Waals surface area (Å²) in [4.78, 5) is 27.3. The summed E-state index contributed by atoms with van der Waals surface area (Å²) in [5.41, 5.74) is 2.44. The maximum absolute atomic E-state index is 12.7. The van der Waals surface area contributed by atoms with Gasteiger partial charge in [-0.1, -0.05) is 23.7 Å². The third-order valence-electron chi connectivity index (χ3n) is 5.09. The highest BCUT2D eigenvalue weighted by atomic mass is 35.5. The van der Waals surface area contributed by atoms with E-state index in [1.54, 1.807) is 24.3 Å². The number of para-hydroxylation sites is 2. The van der Waals surface area contributed by atoms with Crippen molar-refractivity contribution in [2.45, 2.75) is 6.42 Å². The highest BCUT2D eigenvalue weighted by Crippen LogP contribution is 2.41. The molecule has 2 fully saturated rings. The topological polar surface area (TPSA) is 70.7 Å². The normalized spacial score (nSPS) is 21.1. The number of carbonyl (C=O) groups excluding carboxylic acids is 2. The van der Waals surface area contributed by atoms with Crippen molar-refractivity contribution in [2.75, 3.05) is 41.8 Å². The minimum atomic E-state index is -0.301. The number of anilines is 3. The maximum atomic E-state index is 12.7. The first kappa shape index (κ1) is 18.8. The Kier molecular flexibility index (Phi) is 5.50. The molecule has 2 unspecified atom stereocenters. The van der Waals surface area contributed by atoms with E-state index in [0.29, 0.717) is 30.3 Å². The molecule has 1 aliphatic heterocycles. The van der Waals surface area contributed by atoms with Crippen LogP contribution >= 0.6 is 11.6 Å². The van der Waals surface area contributed by atoms with Gasteiger partial charge in [0.1, 0.15) is 0 Å². The molecule has 4 rings (SSSR count). The minimum Gasteiger partial charge on any atom is -0.378 e. The molecule has 28 heavy (non-hydrogen) atoms. The summed E-state index contributed by atoms with van der Waals surface area (Å²) in [6.07, 6.45) is 0.560. The van der Waals surface area contributed by atoms with E-state index in [-0.39, 0.29) is 23.7 Å². The average Bonchev–Trinajstić information content (AvgIpc) is 3.52. The van der Waals surface area contributed by atoms with Crippen molar-refractivity contribution >= 4 is 40.5 Å². The number of hydrogen-bond acceptors (Lipinski definition) is 4. The highest BCUT2D eigenvalue weighted by molar-refractivity contribution is 6.30. The zero-order valence-electron chi connectivity index (χ0n) is 15.4. The standard InChI is InChI=1S/C21H22ClN3O3/c22-14-5-7-15(8-6-14)23-20(26)16-13-17(16)21(27)24-18-3-1-2-4-19(18)25-9-11-28-12-10-25/h1-8,16-17H,9-13H2,(H,23,26)(H,24,27). The van der Waals surface area contributed by atoms with Crippen LogP contribution in [0.5, 0.6) is 0 Å². The van der Waals surface area contributed by atoms with Crippen LogP contribution in [-0.2, 0) is 14.3 Å². The van der Waals surface area contributed by atoms with Gasteiger partial charge in [0.25, 0.3) is 0 Å². The third kappa shape index (κ3) is 4.29. The van der Waals surface area contributed by atoms with Gasteiger partial charge in [0.2, 0.25) is 11.8 Å². The van der Waals surface area contributed by atoms with Gasteiger partial charge in [0.05, 0.1) is 36.4 Å². The van der Waals surface area contributed by atoms with Crippen molar-refractivity contribution in [1.82, 2.24) is 0 Å². The number of nitrogens with one attached hydrogen (secondary N) is 2. The molecular weight excluding hydrogens is 378 g/mol. The predicted octanol–water partition coefficient (Wildman–Crippen LogP) is 3.39. The quantitative estimate of drug-likeness (QED) is 0.808. The maximum Gasteiger partial charge on any atom is 0.228 e. The van der Waals surface area contributed by atoms with Crippen molar-refractivity contribution in [1.29, 1.82) is 0 Å². The molecule has 6 nitrogen and oxygen atoms in total. The Morgan fingerprint density at radius 1 is 0.929 bits per heavy atom. The summed E-state index contributed by atoms with van der Waals surface area (Å²) in [6, 6.07) is 14.7. The number of amides is 2. The highest BCUT2D eigenvalue weighted by Gasteiger charge is 2.48. The van der Waals surface area contributed by atoms with E-state index < -0.39 is 0 Å². The summed E-state index contributed by atoms with van der Waals surface area (Å²) >= 11 is 5.86. The number of halogens is 1. The fourth-order valence-corrected chi connectivity index (χ4v) is 3.55. The predicted molar refractivity (Wildman–Crippen MR) is 110 cm³/mol. The van der Waals surface area contributed by atoms with E-state index in [1.165, 1.54) is 0 Å². The Morgan fingerprint density at radius 3 is 2.29 bits per heavy atom. The van der Waals surface area contributed by atoms with Crippen LogP contribution in [-0.4, -0.2) is 38.1 Å². The molecule has 2 aromatic rings. The molecule has 2 atom stereocenters. The van der Waals surface area contributed by atoms with E-state index in [4.69, 9.17) is 16.3 Å². The average molecular weight is 400 g/mol. The van der Waals surface area contributed by atoms with E-state index in [9.17, 15) is 9.59 Å². The SMILES string of the molecule is O=C(Nc1ccc(Cl)cc1)C1CC1C(=O)Nc1ccccc1N1CCOCC1. The van der Waals surface area contributed by atoms with Crippen LogP contribution in [0.4, 0.5) is 17.1 Å². The molecule has 2 aliphatic rings. The molecule has 2 amide bonds. The van der Waals surface area contributed by atoms with Crippen LogP contribution in [0.1, 0.15) is 6.42 Å². The summed E-state index contributed by atoms with van der Waals surface area (Å²) in [6.45, 7) is 2.95. The van der Waals surface area contributed by atoms with E-state index >= 15 is 0 Å². The van der Waals surface area contributed by atoms with Crippen molar-refractivity contribution in [3.8, 4) is 0 Å². The molecular formula is C21H22ClN3O3. The molecule has 0 bridgehead atoms. The first-order chi connectivity index (χ1) is 13.6. The Hall–Kier alpha value is -2.57. The molecule has 1 aliphatic carbocycles. The molecule has 146 valence electrons. The molecule has 0 aromatic heterocycles.